The number of amides is 2. The maximum Gasteiger partial charge on any atom is 0.265 e. The minimum absolute atomic E-state index is 0.0225. The molecule has 1 unspecified atom stereocenters. The number of aryl methyl sites for hydroxylation is 1. The topological polar surface area (TPSA) is 53.5 Å². The Balaban J connectivity index is 1.83. The molecule has 0 saturated carbocycles. The van der Waals surface area contributed by atoms with E-state index in [4.69, 9.17) is 0 Å². The molecule has 1 aromatic carbocycles. The second-order valence-corrected chi connectivity index (χ2v) is 8.08. The average Bonchev–Trinajstić information content (AvgIpc) is 2.99. The Labute approximate surface area is 162 Å². The number of carbonyl (C=O) groups is 2. The third kappa shape index (κ3) is 4.35. The zero-order chi connectivity index (χ0) is 19.6. The molecule has 1 aliphatic rings. The standard InChI is InChI=1S/C20H24FN3O2S/c1-13(2)17-11-23(20(26)19-14(3)22-12-27-19)9-8-18(25)24(17)10-15-4-6-16(21)7-5-15/h4-7,12-13,17H,8-11H2,1-3H3. The number of nitrogens with zero attached hydrogens (tertiary/aromatic N) is 3. The van der Waals surface area contributed by atoms with Gasteiger partial charge in [0.05, 0.1) is 17.2 Å². The summed E-state index contributed by atoms with van der Waals surface area (Å²) in [6.45, 7) is 7.25. The van der Waals surface area contributed by atoms with E-state index in [-0.39, 0.29) is 36.0 Å². The number of hydrogen-bond donors (Lipinski definition) is 0. The molecule has 1 aromatic heterocycles. The van der Waals surface area contributed by atoms with Gasteiger partial charge in [0.1, 0.15) is 10.7 Å². The summed E-state index contributed by atoms with van der Waals surface area (Å²) in [6.07, 6.45) is 0.286. The molecule has 1 fully saturated rings. The van der Waals surface area contributed by atoms with Gasteiger partial charge in [0, 0.05) is 26.1 Å². The lowest BCUT2D eigenvalue weighted by molar-refractivity contribution is -0.134. The monoisotopic (exact) mass is 389 g/mol. The number of benzene rings is 1. The minimum atomic E-state index is -0.293. The molecule has 3 rings (SSSR count). The van der Waals surface area contributed by atoms with Crippen molar-refractivity contribution in [3.63, 3.8) is 0 Å². The molecular formula is C20H24FN3O2S. The van der Waals surface area contributed by atoms with E-state index < -0.39 is 0 Å². The first-order valence-electron chi connectivity index (χ1n) is 9.10. The fourth-order valence-electron chi connectivity index (χ4n) is 3.37. The maximum atomic E-state index is 13.2. The summed E-state index contributed by atoms with van der Waals surface area (Å²) in [4.78, 5) is 34.2. The summed E-state index contributed by atoms with van der Waals surface area (Å²) in [5, 5.41) is 0. The van der Waals surface area contributed by atoms with Crippen molar-refractivity contribution in [2.24, 2.45) is 5.92 Å². The van der Waals surface area contributed by atoms with Crippen molar-refractivity contribution >= 4 is 23.2 Å². The number of carbonyl (C=O) groups excluding carboxylic acids is 2. The molecule has 1 aliphatic heterocycles. The number of halogens is 1. The Bertz CT molecular complexity index is 819. The highest BCUT2D eigenvalue weighted by Gasteiger charge is 2.34. The van der Waals surface area contributed by atoms with Gasteiger partial charge in [-0.1, -0.05) is 26.0 Å². The summed E-state index contributed by atoms with van der Waals surface area (Å²) in [5.41, 5.74) is 3.28. The molecule has 0 aliphatic carbocycles. The molecule has 0 spiro atoms. The van der Waals surface area contributed by atoms with Crippen LogP contribution in [0.4, 0.5) is 4.39 Å². The SMILES string of the molecule is Cc1ncsc1C(=O)N1CCC(=O)N(Cc2ccc(F)cc2)C(C(C)C)C1. The molecule has 0 N–H and O–H groups in total. The van der Waals surface area contributed by atoms with E-state index in [0.717, 1.165) is 11.3 Å². The van der Waals surface area contributed by atoms with E-state index in [0.29, 0.717) is 24.5 Å². The van der Waals surface area contributed by atoms with E-state index in [1.165, 1.54) is 23.5 Å². The van der Waals surface area contributed by atoms with E-state index in [9.17, 15) is 14.0 Å². The summed E-state index contributed by atoms with van der Waals surface area (Å²) in [6, 6.07) is 6.12. The summed E-state index contributed by atoms with van der Waals surface area (Å²) in [7, 11) is 0. The van der Waals surface area contributed by atoms with Crippen LogP contribution in [0.2, 0.25) is 0 Å². The van der Waals surface area contributed by atoms with E-state index >= 15 is 0 Å². The van der Waals surface area contributed by atoms with Crippen LogP contribution in [0.3, 0.4) is 0 Å². The Morgan fingerprint density at radius 1 is 1.33 bits per heavy atom. The third-order valence-electron chi connectivity index (χ3n) is 4.99. The lowest BCUT2D eigenvalue weighted by Crippen LogP contribution is -2.47. The second-order valence-electron chi connectivity index (χ2n) is 7.23. The zero-order valence-electron chi connectivity index (χ0n) is 15.8. The molecule has 7 heteroatoms. The zero-order valence-corrected chi connectivity index (χ0v) is 16.6. The molecule has 144 valence electrons. The van der Waals surface area contributed by atoms with Crippen molar-refractivity contribution < 1.29 is 14.0 Å². The van der Waals surface area contributed by atoms with Crippen molar-refractivity contribution in [1.82, 2.24) is 14.8 Å². The van der Waals surface area contributed by atoms with Gasteiger partial charge in [-0.2, -0.15) is 0 Å². The molecule has 5 nitrogen and oxygen atoms in total. The predicted octanol–water partition coefficient (Wildman–Crippen LogP) is 3.49. The number of aromatic nitrogens is 1. The predicted molar refractivity (Wildman–Crippen MR) is 103 cm³/mol. The van der Waals surface area contributed by atoms with Gasteiger partial charge in [0.2, 0.25) is 5.91 Å². The van der Waals surface area contributed by atoms with Crippen molar-refractivity contribution in [3.8, 4) is 0 Å². The molecule has 1 saturated heterocycles. The lowest BCUT2D eigenvalue weighted by Gasteiger charge is -2.34. The molecule has 2 amide bonds. The fraction of sp³-hybridized carbons (Fsp3) is 0.450. The lowest BCUT2D eigenvalue weighted by atomic mass is 10.0. The van der Waals surface area contributed by atoms with Crippen LogP contribution in [-0.2, 0) is 11.3 Å². The van der Waals surface area contributed by atoms with Gasteiger partial charge >= 0.3 is 0 Å². The van der Waals surface area contributed by atoms with Gasteiger partial charge in [0.15, 0.2) is 0 Å². The molecule has 2 aromatic rings. The first-order chi connectivity index (χ1) is 12.9. The molecule has 0 radical (unpaired) electrons. The van der Waals surface area contributed by atoms with Crippen molar-refractivity contribution in [1.29, 1.82) is 0 Å². The Morgan fingerprint density at radius 2 is 2.04 bits per heavy atom. The van der Waals surface area contributed by atoms with Crippen LogP contribution in [0, 0.1) is 18.7 Å². The second kappa shape index (κ2) is 8.17. The van der Waals surface area contributed by atoms with Gasteiger partial charge in [-0.25, -0.2) is 9.37 Å². The van der Waals surface area contributed by atoms with E-state index in [2.05, 4.69) is 18.8 Å². The van der Waals surface area contributed by atoms with Crippen LogP contribution in [0.25, 0.3) is 0 Å². The Kier molecular flexibility index (Phi) is 5.89. The first kappa shape index (κ1) is 19.5. The van der Waals surface area contributed by atoms with Gasteiger partial charge in [-0.3, -0.25) is 9.59 Å². The van der Waals surface area contributed by atoms with Crippen LogP contribution in [0.1, 0.15) is 41.2 Å². The summed E-state index contributed by atoms with van der Waals surface area (Å²) < 4.78 is 13.2. The van der Waals surface area contributed by atoms with Crippen LogP contribution >= 0.6 is 11.3 Å². The van der Waals surface area contributed by atoms with Crippen LogP contribution in [0.5, 0.6) is 0 Å². The minimum Gasteiger partial charge on any atom is -0.335 e. The van der Waals surface area contributed by atoms with E-state index in [1.54, 1.807) is 22.5 Å². The molecule has 2 heterocycles. The Morgan fingerprint density at radius 3 is 2.63 bits per heavy atom. The smallest absolute Gasteiger partial charge is 0.265 e. The highest BCUT2D eigenvalue weighted by Crippen LogP contribution is 2.23. The molecule has 27 heavy (non-hydrogen) atoms. The van der Waals surface area contributed by atoms with Gasteiger partial charge in [-0.05, 0) is 30.5 Å². The molecule has 0 bridgehead atoms. The average molecular weight is 389 g/mol. The highest BCUT2D eigenvalue weighted by atomic mass is 32.1. The summed E-state index contributed by atoms with van der Waals surface area (Å²) in [5.74, 6) is -0.144. The number of thiazole rings is 1. The molecule has 1 atom stereocenters. The quantitative estimate of drug-likeness (QED) is 0.804. The van der Waals surface area contributed by atoms with Crippen LogP contribution in [0.15, 0.2) is 29.8 Å². The fourth-order valence-corrected chi connectivity index (χ4v) is 4.14. The van der Waals surface area contributed by atoms with Crippen LogP contribution < -0.4 is 0 Å². The van der Waals surface area contributed by atoms with Gasteiger partial charge in [-0.15, -0.1) is 11.3 Å². The Hall–Kier alpha value is -2.28. The van der Waals surface area contributed by atoms with Gasteiger partial charge < -0.3 is 9.80 Å². The normalized spacial score (nSPS) is 18.1. The van der Waals surface area contributed by atoms with Crippen molar-refractivity contribution in [2.45, 2.75) is 39.8 Å². The van der Waals surface area contributed by atoms with Crippen LogP contribution in [-0.4, -0.2) is 45.7 Å². The van der Waals surface area contributed by atoms with Crippen molar-refractivity contribution in [3.05, 3.63) is 51.7 Å². The van der Waals surface area contributed by atoms with Crippen molar-refractivity contribution in [2.75, 3.05) is 13.1 Å². The summed E-state index contributed by atoms with van der Waals surface area (Å²) >= 11 is 1.34. The first-order valence-corrected chi connectivity index (χ1v) is 9.98. The number of rotatable bonds is 4. The molecular weight excluding hydrogens is 365 g/mol. The van der Waals surface area contributed by atoms with E-state index in [1.807, 2.05) is 11.8 Å². The van der Waals surface area contributed by atoms with Gasteiger partial charge in [0.25, 0.3) is 5.91 Å². The third-order valence-corrected chi connectivity index (χ3v) is 5.90. The largest absolute Gasteiger partial charge is 0.335 e. The number of hydrogen-bond acceptors (Lipinski definition) is 4. The maximum absolute atomic E-state index is 13.2. The highest BCUT2D eigenvalue weighted by molar-refractivity contribution is 7.11.